The van der Waals surface area contributed by atoms with Gasteiger partial charge < -0.3 is 5.32 Å². The minimum absolute atomic E-state index is 0.00310. The molecule has 0 radical (unpaired) electrons. The molecule has 4 nitrogen and oxygen atoms in total. The Labute approximate surface area is 147 Å². The third-order valence-corrected chi connectivity index (χ3v) is 4.55. The molecule has 2 aromatic rings. The number of hydrogen-bond donors (Lipinski definition) is 1. The number of amides is 1. The van der Waals surface area contributed by atoms with Gasteiger partial charge >= 0.3 is 0 Å². The first-order valence-corrected chi connectivity index (χ1v) is 8.61. The van der Waals surface area contributed by atoms with E-state index in [1.54, 1.807) is 24.3 Å². The molecule has 0 fully saturated rings. The van der Waals surface area contributed by atoms with Crippen molar-refractivity contribution in [2.75, 3.05) is 5.32 Å². The summed E-state index contributed by atoms with van der Waals surface area (Å²) in [7, 11) is 0. The number of fused-ring (bicyclic) bond motifs is 1. The molecule has 4 heteroatoms. The number of carbonyl (C=O) groups is 2. The maximum atomic E-state index is 12.4. The van der Waals surface area contributed by atoms with Crippen molar-refractivity contribution >= 4 is 17.4 Å². The number of hydrogen-bond acceptors (Lipinski definition) is 3. The Balaban J connectivity index is 1.54. The Morgan fingerprint density at radius 3 is 2.40 bits per heavy atom. The first kappa shape index (κ1) is 16.9. The fourth-order valence-electron chi connectivity index (χ4n) is 3.13. The van der Waals surface area contributed by atoms with Crippen molar-refractivity contribution in [3.05, 3.63) is 64.7 Å². The molecule has 3 rings (SSSR count). The molecule has 0 atom stereocenters. The zero-order valence-electron chi connectivity index (χ0n) is 14.0. The topological polar surface area (TPSA) is 70.0 Å². The molecule has 1 aliphatic carbocycles. The second-order valence-electron chi connectivity index (χ2n) is 6.35. The van der Waals surface area contributed by atoms with Gasteiger partial charge in [0, 0.05) is 24.1 Å². The largest absolute Gasteiger partial charge is 0.326 e. The van der Waals surface area contributed by atoms with Crippen LogP contribution in [0.3, 0.4) is 0 Å². The minimum Gasteiger partial charge on any atom is -0.326 e. The van der Waals surface area contributed by atoms with Crippen molar-refractivity contribution in [2.45, 2.75) is 38.5 Å². The summed E-state index contributed by atoms with van der Waals surface area (Å²) in [5.41, 5.74) is 4.50. The summed E-state index contributed by atoms with van der Waals surface area (Å²) in [5, 5.41) is 11.5. The van der Waals surface area contributed by atoms with Crippen molar-refractivity contribution in [3.63, 3.8) is 0 Å². The van der Waals surface area contributed by atoms with Crippen LogP contribution in [0.1, 0.15) is 52.7 Å². The summed E-state index contributed by atoms with van der Waals surface area (Å²) >= 11 is 0. The molecule has 126 valence electrons. The number of Topliss-reactive ketones (excluding diaryl/α,β-unsaturated/α-hetero) is 1. The number of nitriles is 1. The number of anilines is 1. The van der Waals surface area contributed by atoms with Gasteiger partial charge in [-0.1, -0.05) is 12.1 Å². The third kappa shape index (κ3) is 4.33. The molecule has 0 bridgehead atoms. The zero-order chi connectivity index (χ0) is 17.6. The second-order valence-corrected chi connectivity index (χ2v) is 6.35. The minimum atomic E-state index is -0.198. The van der Waals surface area contributed by atoms with Crippen LogP contribution >= 0.6 is 0 Å². The van der Waals surface area contributed by atoms with Gasteiger partial charge in [0.15, 0.2) is 5.78 Å². The number of aryl methyl sites for hydroxylation is 2. The van der Waals surface area contributed by atoms with Crippen LogP contribution in [-0.4, -0.2) is 11.7 Å². The number of rotatable bonds is 5. The van der Waals surface area contributed by atoms with E-state index in [0.717, 1.165) is 12.8 Å². The van der Waals surface area contributed by atoms with Gasteiger partial charge in [-0.25, -0.2) is 0 Å². The fourth-order valence-corrected chi connectivity index (χ4v) is 3.13. The Kier molecular flexibility index (Phi) is 5.25. The van der Waals surface area contributed by atoms with Gasteiger partial charge in [0.2, 0.25) is 5.91 Å². The van der Waals surface area contributed by atoms with E-state index in [2.05, 4.69) is 11.4 Å². The highest BCUT2D eigenvalue weighted by atomic mass is 16.2. The fraction of sp³-hybridized carbons (Fsp3) is 0.286. The van der Waals surface area contributed by atoms with Crippen LogP contribution in [-0.2, 0) is 17.6 Å². The summed E-state index contributed by atoms with van der Waals surface area (Å²) in [5.74, 6) is -0.195. The lowest BCUT2D eigenvalue weighted by Gasteiger charge is -2.16. The molecule has 0 unspecified atom stereocenters. The van der Waals surface area contributed by atoms with Gasteiger partial charge in [0.25, 0.3) is 0 Å². The van der Waals surface area contributed by atoms with Crippen molar-refractivity contribution in [3.8, 4) is 6.07 Å². The quantitative estimate of drug-likeness (QED) is 0.840. The smallest absolute Gasteiger partial charge is 0.224 e. The highest BCUT2D eigenvalue weighted by molar-refractivity contribution is 6.00. The molecule has 1 N–H and O–H groups in total. The SMILES string of the molecule is N#Cc1ccc(NC(=O)CCC(=O)c2ccc3c(c2)CCCC3)cc1. The number of benzene rings is 2. The Morgan fingerprint density at radius 2 is 1.68 bits per heavy atom. The molecule has 0 aromatic heterocycles. The maximum absolute atomic E-state index is 12.4. The van der Waals surface area contributed by atoms with Gasteiger partial charge in [-0.3, -0.25) is 9.59 Å². The van der Waals surface area contributed by atoms with Crippen LogP contribution in [0.5, 0.6) is 0 Å². The summed E-state index contributed by atoms with van der Waals surface area (Å²) in [6, 6.07) is 14.6. The summed E-state index contributed by atoms with van der Waals surface area (Å²) < 4.78 is 0. The maximum Gasteiger partial charge on any atom is 0.224 e. The Morgan fingerprint density at radius 1 is 0.960 bits per heavy atom. The van der Waals surface area contributed by atoms with Gasteiger partial charge in [-0.2, -0.15) is 5.26 Å². The molecule has 1 aliphatic rings. The van der Waals surface area contributed by atoms with E-state index in [-0.39, 0.29) is 24.5 Å². The van der Waals surface area contributed by atoms with E-state index >= 15 is 0 Å². The molecular formula is C21H20N2O2. The molecule has 2 aromatic carbocycles. The molecule has 0 saturated heterocycles. The lowest BCUT2D eigenvalue weighted by atomic mass is 9.89. The Hall–Kier alpha value is -2.93. The number of nitrogens with zero attached hydrogens (tertiary/aromatic N) is 1. The third-order valence-electron chi connectivity index (χ3n) is 4.55. The molecule has 25 heavy (non-hydrogen) atoms. The predicted molar refractivity (Wildman–Crippen MR) is 96.4 cm³/mol. The lowest BCUT2D eigenvalue weighted by Crippen LogP contribution is -2.14. The highest BCUT2D eigenvalue weighted by Crippen LogP contribution is 2.23. The van der Waals surface area contributed by atoms with Crippen LogP contribution in [0, 0.1) is 11.3 Å². The highest BCUT2D eigenvalue weighted by Gasteiger charge is 2.14. The van der Waals surface area contributed by atoms with Gasteiger partial charge in [0.1, 0.15) is 0 Å². The van der Waals surface area contributed by atoms with E-state index < -0.39 is 0 Å². The number of nitrogens with one attached hydrogen (secondary N) is 1. The molecular weight excluding hydrogens is 312 g/mol. The monoisotopic (exact) mass is 332 g/mol. The zero-order valence-corrected chi connectivity index (χ0v) is 14.0. The molecule has 0 aliphatic heterocycles. The van der Waals surface area contributed by atoms with Crippen LogP contribution < -0.4 is 5.32 Å². The number of ketones is 1. The lowest BCUT2D eigenvalue weighted by molar-refractivity contribution is -0.116. The van der Waals surface area contributed by atoms with Crippen LogP contribution in [0.15, 0.2) is 42.5 Å². The summed E-state index contributed by atoms with van der Waals surface area (Å²) in [6.07, 6.45) is 4.87. The van der Waals surface area contributed by atoms with E-state index in [4.69, 9.17) is 5.26 Å². The van der Waals surface area contributed by atoms with E-state index in [0.29, 0.717) is 16.8 Å². The average molecular weight is 332 g/mol. The van der Waals surface area contributed by atoms with Crippen molar-refractivity contribution in [2.24, 2.45) is 0 Å². The van der Waals surface area contributed by atoms with Gasteiger partial charge in [0.05, 0.1) is 11.6 Å². The second kappa shape index (κ2) is 7.76. The van der Waals surface area contributed by atoms with Crippen molar-refractivity contribution < 1.29 is 9.59 Å². The van der Waals surface area contributed by atoms with E-state index in [1.165, 1.54) is 24.0 Å². The van der Waals surface area contributed by atoms with Crippen LogP contribution in [0.4, 0.5) is 5.69 Å². The average Bonchev–Trinajstić information content (AvgIpc) is 2.66. The van der Waals surface area contributed by atoms with E-state index in [1.807, 2.05) is 18.2 Å². The number of carbonyl (C=O) groups excluding carboxylic acids is 2. The van der Waals surface area contributed by atoms with Crippen LogP contribution in [0.25, 0.3) is 0 Å². The van der Waals surface area contributed by atoms with Crippen molar-refractivity contribution in [1.82, 2.24) is 0 Å². The Bertz CT molecular complexity index is 832. The summed E-state index contributed by atoms with van der Waals surface area (Å²) in [4.78, 5) is 24.4. The van der Waals surface area contributed by atoms with Gasteiger partial charge in [-0.05, 0) is 67.1 Å². The summed E-state index contributed by atoms with van der Waals surface area (Å²) in [6.45, 7) is 0. The van der Waals surface area contributed by atoms with Crippen LogP contribution in [0.2, 0.25) is 0 Å². The molecule has 1 amide bonds. The first-order valence-electron chi connectivity index (χ1n) is 8.61. The first-order chi connectivity index (χ1) is 12.2. The van der Waals surface area contributed by atoms with E-state index in [9.17, 15) is 9.59 Å². The van der Waals surface area contributed by atoms with Crippen molar-refractivity contribution in [1.29, 1.82) is 5.26 Å². The molecule has 0 spiro atoms. The molecule has 0 heterocycles. The molecule has 0 saturated carbocycles. The van der Waals surface area contributed by atoms with Gasteiger partial charge in [-0.15, -0.1) is 0 Å². The predicted octanol–water partition coefficient (Wildman–Crippen LogP) is 4.04. The standard InChI is InChI=1S/C21H20N2O2/c22-14-15-5-9-19(10-6-15)23-21(25)12-11-20(24)18-8-7-16-3-1-2-4-17(16)13-18/h5-10,13H,1-4,11-12H2,(H,23,25). The normalized spacial score (nSPS) is 12.8.